The minimum Gasteiger partial charge on any atom is -0.371 e. The van der Waals surface area contributed by atoms with Gasteiger partial charge in [0.2, 0.25) is 0 Å². The average molecular weight is 220 g/mol. The lowest BCUT2D eigenvalue weighted by atomic mass is 9.98. The molecule has 16 heavy (non-hydrogen) atoms. The van der Waals surface area contributed by atoms with Crippen molar-refractivity contribution >= 4 is 5.69 Å². The molecule has 88 valence electrons. The summed E-state index contributed by atoms with van der Waals surface area (Å²) < 4.78 is 0. The number of nitrogens with zero attached hydrogens (tertiary/aromatic N) is 1. The average Bonchev–Trinajstić information content (AvgIpc) is 2.30. The van der Waals surface area contributed by atoms with Crippen molar-refractivity contribution in [2.45, 2.75) is 19.8 Å². The predicted octanol–water partition coefficient (Wildman–Crippen LogP) is 2.10. The van der Waals surface area contributed by atoms with Crippen LogP contribution in [0.4, 0.5) is 5.69 Å². The molecule has 0 radical (unpaired) electrons. The Kier molecular flexibility index (Phi) is 3.80. The molecular weight excluding hydrogens is 200 g/mol. The molecule has 0 aliphatic carbocycles. The maximum atomic E-state index is 5.15. The number of piperidine rings is 1. The zero-order chi connectivity index (χ0) is 11.4. The molecule has 1 aromatic carbocycles. The van der Waals surface area contributed by atoms with Crippen molar-refractivity contribution in [1.82, 2.24) is 0 Å². The van der Waals surface area contributed by atoms with E-state index in [1.807, 2.05) is 0 Å². The highest BCUT2D eigenvalue weighted by atomic mass is 16.6. The normalized spacial score (nSPS) is 21.1. The highest BCUT2D eigenvalue weighted by Crippen LogP contribution is 2.25. The topological polar surface area (TPSA) is 38.5 Å². The van der Waals surface area contributed by atoms with Gasteiger partial charge >= 0.3 is 0 Å². The minimum atomic E-state index is 0.568. The molecule has 1 heterocycles. The van der Waals surface area contributed by atoms with Crippen molar-refractivity contribution in [1.29, 1.82) is 0 Å². The Balaban J connectivity index is 2.07. The van der Waals surface area contributed by atoms with Crippen molar-refractivity contribution in [2.75, 3.05) is 24.6 Å². The lowest BCUT2D eigenvalue weighted by Gasteiger charge is -2.34. The zero-order valence-corrected chi connectivity index (χ0v) is 9.86. The van der Waals surface area contributed by atoms with Crippen molar-refractivity contribution in [3.63, 3.8) is 0 Å². The molecule has 2 rings (SSSR count). The van der Waals surface area contributed by atoms with Gasteiger partial charge in [-0.1, -0.05) is 18.2 Å². The second-order valence-electron chi connectivity index (χ2n) is 4.57. The summed E-state index contributed by atoms with van der Waals surface area (Å²) in [4.78, 5) is 7.22. The van der Waals surface area contributed by atoms with E-state index in [0.717, 1.165) is 13.1 Å². The van der Waals surface area contributed by atoms with Crippen LogP contribution in [0.1, 0.15) is 18.4 Å². The summed E-state index contributed by atoms with van der Waals surface area (Å²) in [5, 5.41) is 0. The molecule has 1 fully saturated rings. The van der Waals surface area contributed by atoms with Gasteiger partial charge in [-0.2, -0.15) is 0 Å². The number of benzene rings is 1. The van der Waals surface area contributed by atoms with Crippen LogP contribution < -0.4 is 10.8 Å². The Morgan fingerprint density at radius 2 is 2.25 bits per heavy atom. The van der Waals surface area contributed by atoms with E-state index in [0.29, 0.717) is 12.5 Å². The van der Waals surface area contributed by atoms with Crippen LogP contribution in [0.3, 0.4) is 0 Å². The van der Waals surface area contributed by atoms with Gasteiger partial charge in [0, 0.05) is 24.7 Å². The summed E-state index contributed by atoms with van der Waals surface area (Å²) in [6, 6.07) is 8.55. The third-order valence-corrected chi connectivity index (χ3v) is 3.31. The van der Waals surface area contributed by atoms with E-state index in [2.05, 4.69) is 36.1 Å². The largest absolute Gasteiger partial charge is 0.371 e. The SMILES string of the molecule is Cc1ccccc1N1CCCC(CON)C1. The molecule has 0 bridgehead atoms. The van der Waals surface area contributed by atoms with E-state index in [1.165, 1.54) is 24.1 Å². The summed E-state index contributed by atoms with van der Waals surface area (Å²) in [5.41, 5.74) is 2.70. The van der Waals surface area contributed by atoms with Crippen LogP contribution in [0.5, 0.6) is 0 Å². The molecule has 1 atom stereocenters. The van der Waals surface area contributed by atoms with E-state index in [4.69, 9.17) is 10.7 Å². The molecule has 0 spiro atoms. The van der Waals surface area contributed by atoms with Gasteiger partial charge in [0.15, 0.2) is 0 Å². The number of anilines is 1. The zero-order valence-electron chi connectivity index (χ0n) is 9.86. The fourth-order valence-electron chi connectivity index (χ4n) is 2.47. The molecule has 0 aromatic heterocycles. The van der Waals surface area contributed by atoms with Crippen LogP contribution in [0, 0.1) is 12.8 Å². The van der Waals surface area contributed by atoms with Crippen LogP contribution in [0.15, 0.2) is 24.3 Å². The van der Waals surface area contributed by atoms with Gasteiger partial charge in [-0.05, 0) is 31.4 Å². The molecule has 1 aliphatic rings. The van der Waals surface area contributed by atoms with Gasteiger partial charge < -0.3 is 9.74 Å². The summed E-state index contributed by atoms with van der Waals surface area (Å²) in [5.74, 6) is 5.72. The number of nitrogens with two attached hydrogens (primary N) is 1. The molecule has 0 amide bonds. The van der Waals surface area contributed by atoms with Crippen molar-refractivity contribution in [3.05, 3.63) is 29.8 Å². The number of rotatable bonds is 3. The fraction of sp³-hybridized carbons (Fsp3) is 0.538. The van der Waals surface area contributed by atoms with E-state index in [9.17, 15) is 0 Å². The Labute approximate surface area is 97.1 Å². The van der Waals surface area contributed by atoms with Crippen LogP contribution >= 0.6 is 0 Å². The van der Waals surface area contributed by atoms with Crippen LogP contribution in [-0.4, -0.2) is 19.7 Å². The second kappa shape index (κ2) is 5.32. The molecular formula is C13H20N2O. The van der Waals surface area contributed by atoms with Gasteiger partial charge in [-0.3, -0.25) is 0 Å². The maximum absolute atomic E-state index is 5.15. The smallest absolute Gasteiger partial charge is 0.0724 e. The predicted molar refractivity (Wildman–Crippen MR) is 66.3 cm³/mol. The first-order chi connectivity index (χ1) is 7.81. The van der Waals surface area contributed by atoms with Gasteiger partial charge in [-0.15, -0.1) is 0 Å². The first kappa shape index (κ1) is 11.4. The number of aryl methyl sites for hydroxylation is 1. The van der Waals surface area contributed by atoms with Crippen molar-refractivity contribution in [3.8, 4) is 0 Å². The first-order valence-electron chi connectivity index (χ1n) is 5.93. The molecule has 0 saturated carbocycles. The van der Waals surface area contributed by atoms with Gasteiger partial charge in [0.1, 0.15) is 0 Å². The third kappa shape index (κ3) is 2.54. The van der Waals surface area contributed by atoms with Crippen LogP contribution in [0.2, 0.25) is 0 Å². The monoisotopic (exact) mass is 220 g/mol. The molecule has 1 aliphatic heterocycles. The molecule has 1 saturated heterocycles. The molecule has 2 N–H and O–H groups in total. The Hall–Kier alpha value is -1.06. The fourth-order valence-corrected chi connectivity index (χ4v) is 2.47. The lowest BCUT2D eigenvalue weighted by molar-refractivity contribution is 0.0951. The van der Waals surface area contributed by atoms with Gasteiger partial charge in [-0.25, -0.2) is 5.90 Å². The van der Waals surface area contributed by atoms with E-state index >= 15 is 0 Å². The molecule has 1 unspecified atom stereocenters. The maximum Gasteiger partial charge on any atom is 0.0724 e. The highest BCUT2D eigenvalue weighted by molar-refractivity contribution is 5.53. The quantitative estimate of drug-likeness (QED) is 0.793. The van der Waals surface area contributed by atoms with E-state index < -0.39 is 0 Å². The minimum absolute atomic E-state index is 0.568. The van der Waals surface area contributed by atoms with E-state index in [-0.39, 0.29) is 0 Å². The molecule has 1 aromatic rings. The van der Waals surface area contributed by atoms with Crippen LogP contribution in [-0.2, 0) is 4.84 Å². The lowest BCUT2D eigenvalue weighted by Crippen LogP contribution is -2.38. The Morgan fingerprint density at radius 1 is 1.44 bits per heavy atom. The Morgan fingerprint density at radius 3 is 3.00 bits per heavy atom. The summed E-state index contributed by atoms with van der Waals surface area (Å²) in [7, 11) is 0. The number of para-hydroxylation sites is 1. The van der Waals surface area contributed by atoms with E-state index in [1.54, 1.807) is 0 Å². The number of hydrogen-bond donors (Lipinski definition) is 1. The Bertz CT molecular complexity index is 338. The number of hydrogen-bond acceptors (Lipinski definition) is 3. The standard InChI is InChI=1S/C13H20N2O/c1-11-5-2-3-7-13(11)15-8-4-6-12(9-15)10-16-14/h2-3,5,7,12H,4,6,8-10,14H2,1H3. The molecule has 3 nitrogen and oxygen atoms in total. The van der Waals surface area contributed by atoms with Crippen molar-refractivity contribution < 1.29 is 4.84 Å². The van der Waals surface area contributed by atoms with Crippen molar-refractivity contribution in [2.24, 2.45) is 11.8 Å². The first-order valence-corrected chi connectivity index (χ1v) is 5.93. The highest BCUT2D eigenvalue weighted by Gasteiger charge is 2.20. The van der Waals surface area contributed by atoms with Crippen LogP contribution in [0.25, 0.3) is 0 Å². The summed E-state index contributed by atoms with van der Waals surface area (Å²) in [6.07, 6.45) is 2.45. The van der Waals surface area contributed by atoms with Gasteiger partial charge in [0.05, 0.1) is 6.61 Å². The second-order valence-corrected chi connectivity index (χ2v) is 4.57. The molecule has 3 heteroatoms. The summed E-state index contributed by atoms with van der Waals surface area (Å²) >= 11 is 0. The van der Waals surface area contributed by atoms with Gasteiger partial charge in [0.25, 0.3) is 0 Å². The summed E-state index contributed by atoms with van der Waals surface area (Å²) in [6.45, 7) is 5.04. The third-order valence-electron chi connectivity index (χ3n) is 3.31.